The van der Waals surface area contributed by atoms with Gasteiger partial charge in [-0.05, 0) is 38.8 Å². The van der Waals surface area contributed by atoms with Gasteiger partial charge in [-0.2, -0.15) is 0 Å². The van der Waals surface area contributed by atoms with Crippen LogP contribution in [-0.4, -0.2) is 18.6 Å². The molecule has 3 heteroatoms. The van der Waals surface area contributed by atoms with Crippen LogP contribution < -0.4 is 5.32 Å². The lowest BCUT2D eigenvalue weighted by atomic mass is 9.95. The normalized spacial score (nSPS) is 13.5. The largest absolute Gasteiger partial charge is 0.467 e. The first-order valence-electron chi connectivity index (χ1n) is 6.06. The molecule has 0 aliphatic heterocycles. The van der Waals surface area contributed by atoms with E-state index in [2.05, 4.69) is 11.9 Å². The van der Waals surface area contributed by atoms with Gasteiger partial charge in [0.1, 0.15) is 5.54 Å². The first kappa shape index (κ1) is 14.3. The van der Waals surface area contributed by atoms with Crippen molar-refractivity contribution in [3.05, 3.63) is 42.5 Å². The molecule has 0 saturated heterocycles. The van der Waals surface area contributed by atoms with Crippen molar-refractivity contribution in [3.63, 3.8) is 0 Å². The van der Waals surface area contributed by atoms with Gasteiger partial charge in [0.05, 0.1) is 7.11 Å². The molecule has 0 bridgehead atoms. The molecule has 0 aromatic heterocycles. The van der Waals surface area contributed by atoms with Crippen LogP contribution in [0.15, 0.2) is 36.9 Å². The number of nitrogens with one attached hydrogen (secondary N) is 1. The molecule has 1 unspecified atom stereocenters. The highest BCUT2D eigenvalue weighted by molar-refractivity contribution is 5.84. The van der Waals surface area contributed by atoms with Crippen LogP contribution in [0.2, 0.25) is 0 Å². The van der Waals surface area contributed by atoms with E-state index in [1.165, 1.54) is 12.7 Å². The van der Waals surface area contributed by atoms with Crippen LogP contribution in [0.3, 0.4) is 0 Å². The summed E-state index contributed by atoms with van der Waals surface area (Å²) in [6.45, 7) is 7.57. The SMILES string of the molecule is C=CCCC(C)(Nc1ccc(C)cc1)C(=O)OC. The predicted octanol–water partition coefficient (Wildman–Crippen LogP) is 3.30. The third-order valence-corrected chi connectivity index (χ3v) is 2.96. The molecule has 0 aliphatic carbocycles. The summed E-state index contributed by atoms with van der Waals surface area (Å²) in [6, 6.07) is 7.94. The number of methoxy groups -OCH3 is 1. The smallest absolute Gasteiger partial charge is 0.331 e. The Morgan fingerprint density at radius 1 is 1.44 bits per heavy atom. The number of allylic oxidation sites excluding steroid dienone is 1. The molecule has 1 aromatic carbocycles. The lowest BCUT2D eigenvalue weighted by Crippen LogP contribution is -2.44. The van der Waals surface area contributed by atoms with Gasteiger partial charge in [0.25, 0.3) is 0 Å². The minimum absolute atomic E-state index is 0.259. The Labute approximate surface area is 109 Å². The van der Waals surface area contributed by atoms with Crippen molar-refractivity contribution in [3.8, 4) is 0 Å². The molecule has 1 atom stereocenters. The summed E-state index contributed by atoms with van der Waals surface area (Å²) in [7, 11) is 1.41. The maximum atomic E-state index is 11.9. The number of ether oxygens (including phenoxy) is 1. The van der Waals surface area contributed by atoms with Crippen LogP contribution in [-0.2, 0) is 9.53 Å². The van der Waals surface area contributed by atoms with Crippen LogP contribution in [0.1, 0.15) is 25.3 Å². The van der Waals surface area contributed by atoms with E-state index in [-0.39, 0.29) is 5.97 Å². The second-order valence-corrected chi connectivity index (χ2v) is 4.64. The highest BCUT2D eigenvalue weighted by Crippen LogP contribution is 2.22. The minimum Gasteiger partial charge on any atom is -0.467 e. The van der Waals surface area contributed by atoms with Gasteiger partial charge < -0.3 is 10.1 Å². The van der Waals surface area contributed by atoms with Gasteiger partial charge in [-0.25, -0.2) is 4.79 Å². The summed E-state index contributed by atoms with van der Waals surface area (Å²) in [5, 5.41) is 3.25. The monoisotopic (exact) mass is 247 g/mol. The van der Waals surface area contributed by atoms with Gasteiger partial charge in [0.2, 0.25) is 0 Å². The van der Waals surface area contributed by atoms with Crippen LogP contribution in [0.4, 0.5) is 5.69 Å². The number of carbonyl (C=O) groups excluding carboxylic acids is 1. The molecular weight excluding hydrogens is 226 g/mol. The van der Waals surface area contributed by atoms with Gasteiger partial charge in [-0.1, -0.05) is 23.8 Å². The van der Waals surface area contributed by atoms with Crippen molar-refractivity contribution < 1.29 is 9.53 Å². The van der Waals surface area contributed by atoms with Gasteiger partial charge in [-0.15, -0.1) is 6.58 Å². The fourth-order valence-electron chi connectivity index (χ4n) is 1.79. The van der Waals surface area contributed by atoms with Gasteiger partial charge in [0, 0.05) is 5.69 Å². The molecule has 18 heavy (non-hydrogen) atoms. The summed E-state index contributed by atoms with van der Waals surface area (Å²) in [5.74, 6) is -0.259. The molecule has 0 radical (unpaired) electrons. The molecule has 3 nitrogen and oxygen atoms in total. The van der Waals surface area contributed by atoms with Crippen molar-refractivity contribution >= 4 is 11.7 Å². The Balaban J connectivity index is 2.86. The maximum absolute atomic E-state index is 11.9. The Kier molecular flexibility index (Phi) is 4.95. The summed E-state index contributed by atoms with van der Waals surface area (Å²) < 4.78 is 4.87. The van der Waals surface area contributed by atoms with Crippen LogP contribution in [0, 0.1) is 6.92 Å². The Bertz CT molecular complexity index is 411. The van der Waals surface area contributed by atoms with E-state index in [0.29, 0.717) is 6.42 Å². The van der Waals surface area contributed by atoms with Gasteiger partial charge in [-0.3, -0.25) is 0 Å². The molecule has 0 aliphatic rings. The predicted molar refractivity (Wildman–Crippen MR) is 74.7 cm³/mol. The number of rotatable bonds is 6. The van der Waals surface area contributed by atoms with Gasteiger partial charge in [0.15, 0.2) is 0 Å². The zero-order valence-electron chi connectivity index (χ0n) is 11.3. The van der Waals surface area contributed by atoms with Gasteiger partial charge >= 0.3 is 5.97 Å². The zero-order valence-corrected chi connectivity index (χ0v) is 11.3. The molecule has 0 fully saturated rings. The molecule has 0 saturated carbocycles. The summed E-state index contributed by atoms with van der Waals surface area (Å²) in [4.78, 5) is 11.9. The first-order chi connectivity index (χ1) is 8.51. The number of carbonyl (C=O) groups is 1. The van der Waals surface area contributed by atoms with Crippen molar-refractivity contribution in [2.24, 2.45) is 0 Å². The standard InChI is InChI=1S/C15H21NO2/c1-5-6-11-15(3,14(17)18-4)16-13-9-7-12(2)8-10-13/h5,7-10,16H,1,6,11H2,2-4H3. The molecule has 0 amide bonds. The number of aryl methyl sites for hydroxylation is 1. The summed E-state index contributed by atoms with van der Waals surface area (Å²) in [6.07, 6.45) is 3.21. The molecule has 1 rings (SSSR count). The molecule has 0 spiro atoms. The van der Waals surface area contributed by atoms with Crippen LogP contribution >= 0.6 is 0 Å². The molecular formula is C15H21NO2. The fraction of sp³-hybridized carbons (Fsp3) is 0.400. The number of hydrogen-bond donors (Lipinski definition) is 1. The number of benzene rings is 1. The van der Waals surface area contributed by atoms with E-state index in [4.69, 9.17) is 4.74 Å². The fourth-order valence-corrected chi connectivity index (χ4v) is 1.79. The van der Waals surface area contributed by atoms with Crippen molar-refractivity contribution in [2.45, 2.75) is 32.2 Å². The maximum Gasteiger partial charge on any atom is 0.331 e. The van der Waals surface area contributed by atoms with E-state index < -0.39 is 5.54 Å². The van der Waals surface area contributed by atoms with Crippen molar-refractivity contribution in [1.29, 1.82) is 0 Å². The van der Waals surface area contributed by atoms with E-state index in [0.717, 1.165) is 12.1 Å². The Morgan fingerprint density at radius 3 is 2.56 bits per heavy atom. The van der Waals surface area contributed by atoms with E-state index >= 15 is 0 Å². The lowest BCUT2D eigenvalue weighted by Gasteiger charge is -2.28. The Morgan fingerprint density at radius 2 is 2.06 bits per heavy atom. The zero-order chi connectivity index (χ0) is 13.6. The molecule has 0 heterocycles. The quantitative estimate of drug-likeness (QED) is 0.619. The molecule has 98 valence electrons. The van der Waals surface area contributed by atoms with Crippen molar-refractivity contribution in [2.75, 3.05) is 12.4 Å². The third kappa shape index (κ3) is 3.62. The second-order valence-electron chi connectivity index (χ2n) is 4.64. The minimum atomic E-state index is -0.724. The second kappa shape index (κ2) is 6.24. The highest BCUT2D eigenvalue weighted by atomic mass is 16.5. The van der Waals surface area contributed by atoms with Crippen LogP contribution in [0.25, 0.3) is 0 Å². The van der Waals surface area contributed by atoms with Crippen molar-refractivity contribution in [1.82, 2.24) is 0 Å². The molecule has 1 aromatic rings. The summed E-state index contributed by atoms with van der Waals surface area (Å²) >= 11 is 0. The van der Waals surface area contributed by atoms with E-state index in [1.807, 2.05) is 38.1 Å². The molecule has 1 N–H and O–H groups in total. The number of anilines is 1. The van der Waals surface area contributed by atoms with E-state index in [9.17, 15) is 4.79 Å². The Hall–Kier alpha value is -1.77. The lowest BCUT2D eigenvalue weighted by molar-refractivity contribution is -0.145. The van der Waals surface area contributed by atoms with E-state index in [1.54, 1.807) is 6.08 Å². The van der Waals surface area contributed by atoms with Crippen LogP contribution in [0.5, 0.6) is 0 Å². The average Bonchev–Trinajstić information content (AvgIpc) is 2.38. The topological polar surface area (TPSA) is 38.3 Å². The number of esters is 1. The highest BCUT2D eigenvalue weighted by Gasteiger charge is 2.33. The summed E-state index contributed by atoms with van der Waals surface area (Å²) in [5.41, 5.74) is 1.38. The average molecular weight is 247 g/mol. The first-order valence-corrected chi connectivity index (χ1v) is 6.06. The third-order valence-electron chi connectivity index (χ3n) is 2.96. The number of hydrogen-bond acceptors (Lipinski definition) is 3.